The summed E-state index contributed by atoms with van der Waals surface area (Å²) in [5.41, 5.74) is 2.98. The lowest BCUT2D eigenvalue weighted by Crippen LogP contribution is -2.23. The minimum Gasteiger partial charge on any atom is -0.465 e. The Balaban J connectivity index is 3.03. The molecule has 0 atom stereocenters. The lowest BCUT2D eigenvalue weighted by molar-refractivity contribution is 0.203. The summed E-state index contributed by atoms with van der Waals surface area (Å²) in [4.78, 5) is 11.8. The molecular weight excluding hydrogens is 166 g/mol. The molecule has 1 aromatic carbocycles. The van der Waals surface area contributed by atoms with Crippen molar-refractivity contribution in [3.63, 3.8) is 0 Å². The summed E-state index contributed by atoms with van der Waals surface area (Å²) < 4.78 is 0. The molecule has 0 bridgehead atoms. The molecule has 1 rings (SSSR count). The Bertz CT molecular complexity index is 334. The number of amides is 1. The van der Waals surface area contributed by atoms with Crippen molar-refractivity contribution in [1.82, 2.24) is 0 Å². The first-order chi connectivity index (χ1) is 6.02. The topological polar surface area (TPSA) is 40.5 Å². The molecule has 0 radical (unpaired) electrons. The third kappa shape index (κ3) is 1.99. The second-order valence-electron chi connectivity index (χ2n) is 3.11. The minimum atomic E-state index is -0.941. The van der Waals surface area contributed by atoms with Crippen LogP contribution < -0.4 is 4.90 Å². The van der Waals surface area contributed by atoms with Crippen LogP contribution in [0.3, 0.4) is 0 Å². The zero-order chi connectivity index (χ0) is 10.0. The molecule has 3 nitrogen and oxygen atoms in total. The summed E-state index contributed by atoms with van der Waals surface area (Å²) >= 11 is 0. The first-order valence-corrected chi connectivity index (χ1v) is 4.06. The van der Waals surface area contributed by atoms with E-state index in [2.05, 4.69) is 0 Å². The van der Waals surface area contributed by atoms with E-state index in [0.29, 0.717) is 5.69 Å². The van der Waals surface area contributed by atoms with E-state index in [1.165, 1.54) is 17.5 Å². The van der Waals surface area contributed by atoms with Gasteiger partial charge in [0.2, 0.25) is 0 Å². The van der Waals surface area contributed by atoms with Crippen LogP contribution in [-0.4, -0.2) is 18.2 Å². The Kier molecular flexibility index (Phi) is 2.56. The second kappa shape index (κ2) is 3.47. The number of aryl methyl sites for hydroxylation is 2. The molecule has 0 saturated carbocycles. The van der Waals surface area contributed by atoms with Gasteiger partial charge >= 0.3 is 6.09 Å². The second-order valence-corrected chi connectivity index (χ2v) is 3.11. The highest BCUT2D eigenvalue weighted by Gasteiger charge is 2.08. The lowest BCUT2D eigenvalue weighted by atomic mass is 10.1. The molecule has 13 heavy (non-hydrogen) atoms. The number of benzene rings is 1. The molecule has 0 aromatic heterocycles. The highest BCUT2D eigenvalue weighted by atomic mass is 16.4. The van der Waals surface area contributed by atoms with Crippen molar-refractivity contribution in [1.29, 1.82) is 0 Å². The first kappa shape index (κ1) is 9.58. The highest BCUT2D eigenvalue weighted by molar-refractivity contribution is 5.85. The molecule has 70 valence electrons. The summed E-state index contributed by atoms with van der Waals surface area (Å²) in [5, 5.41) is 8.72. The average Bonchev–Trinajstić information content (AvgIpc) is 2.08. The van der Waals surface area contributed by atoms with Gasteiger partial charge in [-0.05, 0) is 37.1 Å². The van der Waals surface area contributed by atoms with Crippen LogP contribution in [-0.2, 0) is 0 Å². The van der Waals surface area contributed by atoms with Gasteiger partial charge in [-0.3, -0.25) is 4.90 Å². The number of carboxylic acid groups (broad SMARTS) is 1. The monoisotopic (exact) mass is 179 g/mol. The first-order valence-electron chi connectivity index (χ1n) is 4.06. The lowest BCUT2D eigenvalue weighted by Gasteiger charge is -2.14. The third-order valence-corrected chi connectivity index (χ3v) is 2.16. The highest BCUT2D eigenvalue weighted by Crippen LogP contribution is 2.17. The van der Waals surface area contributed by atoms with E-state index in [1.807, 2.05) is 26.0 Å². The van der Waals surface area contributed by atoms with Gasteiger partial charge in [-0.25, -0.2) is 4.79 Å². The molecule has 0 heterocycles. The van der Waals surface area contributed by atoms with Crippen molar-refractivity contribution in [2.24, 2.45) is 0 Å². The van der Waals surface area contributed by atoms with Gasteiger partial charge < -0.3 is 5.11 Å². The standard InChI is InChI=1S/C10H13NO2/c1-7-4-5-9(6-8(7)2)11(3)10(12)13/h4-6H,1-3H3,(H,12,13). The van der Waals surface area contributed by atoms with E-state index >= 15 is 0 Å². The number of nitrogens with zero attached hydrogens (tertiary/aromatic N) is 1. The molecule has 1 N–H and O–H groups in total. The zero-order valence-corrected chi connectivity index (χ0v) is 8.03. The van der Waals surface area contributed by atoms with Gasteiger partial charge in [0.25, 0.3) is 0 Å². The van der Waals surface area contributed by atoms with Crippen LogP contribution in [0.1, 0.15) is 11.1 Å². The molecule has 1 amide bonds. The molecule has 3 heteroatoms. The minimum absolute atomic E-state index is 0.704. The van der Waals surface area contributed by atoms with Gasteiger partial charge in [0, 0.05) is 12.7 Å². The van der Waals surface area contributed by atoms with Gasteiger partial charge in [-0.1, -0.05) is 6.07 Å². The van der Waals surface area contributed by atoms with Crippen molar-refractivity contribution in [3.05, 3.63) is 29.3 Å². The smallest absolute Gasteiger partial charge is 0.411 e. The van der Waals surface area contributed by atoms with Crippen LogP contribution in [0.2, 0.25) is 0 Å². The van der Waals surface area contributed by atoms with Gasteiger partial charge in [0.05, 0.1) is 0 Å². The molecule has 0 aliphatic rings. The van der Waals surface area contributed by atoms with Gasteiger partial charge in [-0.15, -0.1) is 0 Å². The predicted octanol–water partition coefficient (Wildman–Crippen LogP) is 2.42. The number of rotatable bonds is 1. The van der Waals surface area contributed by atoms with Crippen LogP contribution in [0.5, 0.6) is 0 Å². The van der Waals surface area contributed by atoms with Gasteiger partial charge in [0.15, 0.2) is 0 Å². The van der Waals surface area contributed by atoms with Crippen molar-refractivity contribution >= 4 is 11.8 Å². The van der Waals surface area contributed by atoms with Crippen molar-refractivity contribution in [2.75, 3.05) is 11.9 Å². The summed E-state index contributed by atoms with van der Waals surface area (Å²) in [6.07, 6.45) is -0.941. The summed E-state index contributed by atoms with van der Waals surface area (Å²) in [6, 6.07) is 5.59. The average molecular weight is 179 g/mol. The number of carbonyl (C=O) groups is 1. The molecule has 0 aliphatic heterocycles. The molecule has 0 saturated heterocycles. The van der Waals surface area contributed by atoms with Crippen LogP contribution in [0.15, 0.2) is 18.2 Å². The molecule has 0 fully saturated rings. The van der Waals surface area contributed by atoms with E-state index in [-0.39, 0.29) is 0 Å². The van der Waals surface area contributed by atoms with Gasteiger partial charge in [0.1, 0.15) is 0 Å². The van der Waals surface area contributed by atoms with Crippen LogP contribution in [0.4, 0.5) is 10.5 Å². The molecule has 0 unspecified atom stereocenters. The van der Waals surface area contributed by atoms with Crippen LogP contribution >= 0.6 is 0 Å². The van der Waals surface area contributed by atoms with E-state index in [0.717, 1.165) is 5.56 Å². The van der Waals surface area contributed by atoms with E-state index < -0.39 is 6.09 Å². The van der Waals surface area contributed by atoms with Crippen molar-refractivity contribution < 1.29 is 9.90 Å². The predicted molar refractivity (Wildman–Crippen MR) is 52.3 cm³/mol. The Morgan fingerprint density at radius 3 is 2.38 bits per heavy atom. The van der Waals surface area contributed by atoms with E-state index in [4.69, 9.17) is 5.11 Å². The van der Waals surface area contributed by atoms with Gasteiger partial charge in [-0.2, -0.15) is 0 Å². The Hall–Kier alpha value is -1.51. The largest absolute Gasteiger partial charge is 0.465 e. The zero-order valence-electron chi connectivity index (χ0n) is 8.03. The maximum absolute atomic E-state index is 10.6. The molecule has 0 spiro atoms. The van der Waals surface area contributed by atoms with Crippen LogP contribution in [0, 0.1) is 13.8 Å². The molecule has 1 aromatic rings. The fourth-order valence-electron chi connectivity index (χ4n) is 1.04. The van der Waals surface area contributed by atoms with Crippen molar-refractivity contribution in [3.8, 4) is 0 Å². The Morgan fingerprint density at radius 1 is 1.31 bits per heavy atom. The third-order valence-electron chi connectivity index (χ3n) is 2.16. The summed E-state index contributed by atoms with van der Waals surface area (Å²) in [7, 11) is 1.53. The number of hydrogen-bond acceptors (Lipinski definition) is 1. The summed E-state index contributed by atoms with van der Waals surface area (Å²) in [6.45, 7) is 3.97. The van der Waals surface area contributed by atoms with E-state index in [1.54, 1.807) is 6.07 Å². The Labute approximate surface area is 77.6 Å². The van der Waals surface area contributed by atoms with Crippen LogP contribution in [0.25, 0.3) is 0 Å². The normalized spacial score (nSPS) is 9.77. The molecule has 0 aliphatic carbocycles. The quantitative estimate of drug-likeness (QED) is 0.719. The number of anilines is 1. The fraction of sp³-hybridized carbons (Fsp3) is 0.300. The maximum atomic E-state index is 10.6. The summed E-state index contributed by atoms with van der Waals surface area (Å²) in [5.74, 6) is 0. The SMILES string of the molecule is Cc1ccc(N(C)C(=O)O)cc1C. The number of hydrogen-bond donors (Lipinski definition) is 1. The van der Waals surface area contributed by atoms with E-state index in [9.17, 15) is 4.79 Å². The fourth-order valence-corrected chi connectivity index (χ4v) is 1.04. The van der Waals surface area contributed by atoms with Crippen molar-refractivity contribution in [2.45, 2.75) is 13.8 Å². The molecular formula is C10H13NO2. The maximum Gasteiger partial charge on any atom is 0.411 e. The Morgan fingerprint density at radius 2 is 1.92 bits per heavy atom.